The standard InChI is InChI=1S/C21H20ClNO3/c1-2-3-13-23-18(14-7-5-4-6-8-14)17(20(25)21(23)26)19(24)15-9-11-16(22)12-10-15/h4-12,18,24H,2-3,13H2,1H3/b19-17+/t18-/m0/s1. The minimum absolute atomic E-state index is 0.125. The van der Waals surface area contributed by atoms with E-state index in [-0.39, 0.29) is 11.3 Å². The van der Waals surface area contributed by atoms with E-state index in [1.807, 2.05) is 37.3 Å². The van der Waals surface area contributed by atoms with Gasteiger partial charge in [-0.15, -0.1) is 0 Å². The number of unbranched alkanes of at least 4 members (excludes halogenated alkanes) is 1. The second kappa shape index (κ2) is 7.75. The van der Waals surface area contributed by atoms with E-state index in [9.17, 15) is 14.7 Å². The van der Waals surface area contributed by atoms with Gasteiger partial charge in [0.2, 0.25) is 0 Å². The Balaban J connectivity index is 2.14. The van der Waals surface area contributed by atoms with Gasteiger partial charge in [0.15, 0.2) is 0 Å². The molecule has 1 aliphatic rings. The Hall–Kier alpha value is -2.59. The Labute approximate surface area is 157 Å². The van der Waals surface area contributed by atoms with Gasteiger partial charge in [0.05, 0.1) is 11.6 Å². The van der Waals surface area contributed by atoms with Crippen LogP contribution in [0.25, 0.3) is 5.76 Å². The molecule has 0 unspecified atom stereocenters. The number of benzene rings is 2. The van der Waals surface area contributed by atoms with E-state index < -0.39 is 17.7 Å². The Morgan fingerprint density at radius 1 is 1.08 bits per heavy atom. The fourth-order valence-corrected chi connectivity index (χ4v) is 3.31. The summed E-state index contributed by atoms with van der Waals surface area (Å²) in [5.74, 6) is -1.39. The third-order valence-electron chi connectivity index (χ3n) is 4.53. The maximum atomic E-state index is 12.7. The second-order valence-electron chi connectivity index (χ2n) is 6.26. The van der Waals surface area contributed by atoms with Crippen molar-refractivity contribution in [1.29, 1.82) is 0 Å². The Morgan fingerprint density at radius 3 is 2.35 bits per heavy atom. The van der Waals surface area contributed by atoms with Crippen LogP contribution in [0, 0.1) is 0 Å². The highest BCUT2D eigenvalue weighted by molar-refractivity contribution is 6.46. The number of rotatable bonds is 5. The zero-order chi connectivity index (χ0) is 18.7. The Kier molecular flexibility index (Phi) is 5.43. The molecule has 0 bridgehead atoms. The van der Waals surface area contributed by atoms with Crippen LogP contribution in [0.1, 0.15) is 36.9 Å². The van der Waals surface area contributed by atoms with Crippen LogP contribution in [0.15, 0.2) is 60.2 Å². The van der Waals surface area contributed by atoms with E-state index in [1.54, 1.807) is 29.2 Å². The van der Waals surface area contributed by atoms with Crippen LogP contribution in [0.2, 0.25) is 5.02 Å². The third kappa shape index (κ3) is 3.37. The molecular formula is C21H20ClNO3. The SMILES string of the molecule is CCCCN1C(=O)C(=O)/C(=C(/O)c2ccc(Cl)cc2)[C@@H]1c1ccccc1. The molecular weight excluding hydrogens is 350 g/mol. The van der Waals surface area contributed by atoms with Crippen LogP contribution in [-0.4, -0.2) is 28.2 Å². The average molecular weight is 370 g/mol. The number of carbonyl (C=O) groups excluding carboxylic acids is 2. The lowest BCUT2D eigenvalue weighted by atomic mass is 9.95. The molecule has 1 aliphatic heterocycles. The summed E-state index contributed by atoms with van der Waals surface area (Å²) in [6.07, 6.45) is 1.69. The number of nitrogens with zero attached hydrogens (tertiary/aromatic N) is 1. The first kappa shape index (κ1) is 18.2. The van der Waals surface area contributed by atoms with Crippen LogP contribution in [-0.2, 0) is 9.59 Å². The highest BCUT2D eigenvalue weighted by atomic mass is 35.5. The van der Waals surface area contributed by atoms with Crippen molar-refractivity contribution in [3.8, 4) is 0 Å². The smallest absolute Gasteiger partial charge is 0.295 e. The number of halogens is 1. The fourth-order valence-electron chi connectivity index (χ4n) is 3.18. The van der Waals surface area contributed by atoms with Gasteiger partial charge in [-0.25, -0.2) is 0 Å². The summed E-state index contributed by atoms with van der Waals surface area (Å²) in [5.41, 5.74) is 1.39. The van der Waals surface area contributed by atoms with Gasteiger partial charge in [-0.3, -0.25) is 9.59 Å². The molecule has 5 heteroatoms. The first-order valence-corrected chi connectivity index (χ1v) is 9.01. The van der Waals surface area contributed by atoms with Gasteiger partial charge in [0.1, 0.15) is 5.76 Å². The summed E-state index contributed by atoms with van der Waals surface area (Å²) >= 11 is 5.91. The molecule has 1 saturated heterocycles. The predicted molar refractivity (Wildman–Crippen MR) is 102 cm³/mol. The number of aliphatic hydroxyl groups is 1. The topological polar surface area (TPSA) is 57.6 Å². The minimum Gasteiger partial charge on any atom is -0.507 e. The number of ketones is 1. The van der Waals surface area contributed by atoms with Crippen molar-refractivity contribution in [3.05, 3.63) is 76.3 Å². The summed E-state index contributed by atoms with van der Waals surface area (Å²) in [5, 5.41) is 11.3. The number of Topliss-reactive ketones (excluding diaryl/α,β-unsaturated/α-hetero) is 1. The van der Waals surface area contributed by atoms with Crippen molar-refractivity contribution in [2.75, 3.05) is 6.54 Å². The number of aliphatic hydroxyl groups excluding tert-OH is 1. The van der Waals surface area contributed by atoms with Crippen LogP contribution in [0.4, 0.5) is 0 Å². The largest absolute Gasteiger partial charge is 0.507 e. The van der Waals surface area contributed by atoms with Crippen molar-refractivity contribution >= 4 is 29.1 Å². The molecule has 1 heterocycles. The van der Waals surface area contributed by atoms with E-state index in [0.717, 1.165) is 18.4 Å². The number of amides is 1. The minimum atomic E-state index is -0.651. The third-order valence-corrected chi connectivity index (χ3v) is 4.78. The summed E-state index contributed by atoms with van der Waals surface area (Å²) < 4.78 is 0. The van der Waals surface area contributed by atoms with Crippen LogP contribution in [0.3, 0.4) is 0 Å². The molecule has 134 valence electrons. The maximum absolute atomic E-state index is 12.7. The fraction of sp³-hybridized carbons (Fsp3) is 0.238. The van der Waals surface area contributed by atoms with Crippen molar-refractivity contribution < 1.29 is 14.7 Å². The van der Waals surface area contributed by atoms with Crippen molar-refractivity contribution in [3.63, 3.8) is 0 Å². The van der Waals surface area contributed by atoms with Crippen LogP contribution >= 0.6 is 11.6 Å². The highest BCUT2D eigenvalue weighted by Crippen LogP contribution is 2.39. The van der Waals surface area contributed by atoms with Crippen molar-refractivity contribution in [2.45, 2.75) is 25.8 Å². The van der Waals surface area contributed by atoms with Crippen molar-refractivity contribution in [1.82, 2.24) is 4.90 Å². The van der Waals surface area contributed by atoms with E-state index in [4.69, 9.17) is 11.6 Å². The molecule has 1 N–H and O–H groups in total. The molecule has 2 aromatic rings. The highest BCUT2D eigenvalue weighted by Gasteiger charge is 2.45. The number of likely N-dealkylation sites (tertiary alicyclic amines) is 1. The van der Waals surface area contributed by atoms with E-state index >= 15 is 0 Å². The quantitative estimate of drug-likeness (QED) is 0.477. The molecule has 0 radical (unpaired) electrons. The molecule has 0 spiro atoms. The molecule has 0 aromatic heterocycles. The molecule has 2 aromatic carbocycles. The average Bonchev–Trinajstić information content (AvgIpc) is 2.91. The predicted octanol–water partition coefficient (Wildman–Crippen LogP) is 4.56. The molecule has 3 rings (SSSR count). The van der Waals surface area contributed by atoms with E-state index in [2.05, 4.69) is 0 Å². The van der Waals surface area contributed by atoms with Crippen molar-refractivity contribution in [2.24, 2.45) is 0 Å². The summed E-state index contributed by atoms with van der Waals surface area (Å²) in [6.45, 7) is 2.50. The monoisotopic (exact) mass is 369 g/mol. The lowest BCUT2D eigenvalue weighted by Gasteiger charge is -2.25. The van der Waals surface area contributed by atoms with Gasteiger partial charge in [-0.05, 0) is 36.2 Å². The Bertz CT molecular complexity index is 843. The molecule has 1 atom stereocenters. The normalized spacial score (nSPS) is 19.2. The van der Waals surface area contributed by atoms with E-state index in [0.29, 0.717) is 17.1 Å². The molecule has 1 fully saturated rings. The van der Waals surface area contributed by atoms with Gasteiger partial charge < -0.3 is 10.0 Å². The summed E-state index contributed by atoms with van der Waals surface area (Å²) in [6, 6.07) is 15.3. The number of carbonyl (C=O) groups is 2. The van der Waals surface area contributed by atoms with Gasteiger partial charge >= 0.3 is 0 Å². The first-order valence-electron chi connectivity index (χ1n) is 8.64. The molecule has 4 nitrogen and oxygen atoms in total. The number of hydrogen-bond acceptors (Lipinski definition) is 3. The maximum Gasteiger partial charge on any atom is 0.295 e. The molecule has 26 heavy (non-hydrogen) atoms. The molecule has 1 amide bonds. The molecule has 0 saturated carbocycles. The first-order chi connectivity index (χ1) is 12.5. The zero-order valence-electron chi connectivity index (χ0n) is 14.5. The Morgan fingerprint density at radius 2 is 1.73 bits per heavy atom. The number of hydrogen-bond donors (Lipinski definition) is 1. The summed E-state index contributed by atoms with van der Waals surface area (Å²) in [4.78, 5) is 26.9. The van der Waals surface area contributed by atoms with Gasteiger partial charge in [0.25, 0.3) is 11.7 Å². The van der Waals surface area contributed by atoms with Gasteiger partial charge in [0, 0.05) is 17.1 Å². The van der Waals surface area contributed by atoms with Crippen LogP contribution < -0.4 is 0 Å². The van der Waals surface area contributed by atoms with Crippen LogP contribution in [0.5, 0.6) is 0 Å². The molecule has 0 aliphatic carbocycles. The van der Waals surface area contributed by atoms with E-state index in [1.165, 1.54) is 0 Å². The zero-order valence-corrected chi connectivity index (χ0v) is 15.2. The lowest BCUT2D eigenvalue weighted by molar-refractivity contribution is -0.139. The summed E-state index contributed by atoms with van der Waals surface area (Å²) in [7, 11) is 0. The lowest BCUT2D eigenvalue weighted by Crippen LogP contribution is -2.30. The van der Waals surface area contributed by atoms with Gasteiger partial charge in [-0.1, -0.05) is 55.3 Å². The second-order valence-corrected chi connectivity index (χ2v) is 6.70. The van der Waals surface area contributed by atoms with Gasteiger partial charge in [-0.2, -0.15) is 0 Å².